The number of hydrogen-bond donors (Lipinski definition) is 1. The molecule has 0 unspecified atom stereocenters. The number of hydrogen-bond acceptors (Lipinski definition) is 2. The number of para-hydroxylation sites is 1. The molecule has 0 aromatic heterocycles. The van der Waals surface area contributed by atoms with Crippen molar-refractivity contribution in [3.8, 4) is 0 Å². The molecule has 0 saturated carbocycles. The minimum absolute atomic E-state index is 0.0668. The number of thiocarbonyl (C=S) groups is 1. The summed E-state index contributed by atoms with van der Waals surface area (Å²) in [5, 5.41) is 10.3. The first kappa shape index (κ1) is 19.4. The third-order valence-corrected chi connectivity index (χ3v) is 5.83. The predicted octanol–water partition coefficient (Wildman–Crippen LogP) is 4.99. The number of aliphatic hydroxyl groups is 1. The first-order chi connectivity index (χ1) is 13.0. The fourth-order valence-electron chi connectivity index (χ4n) is 3.92. The van der Waals surface area contributed by atoms with Gasteiger partial charge in [-0.2, -0.15) is 0 Å². The zero-order chi connectivity index (χ0) is 19.3. The number of amides is 2. The van der Waals surface area contributed by atoms with E-state index in [2.05, 4.69) is 12.1 Å². The van der Waals surface area contributed by atoms with Crippen LogP contribution in [0.2, 0.25) is 0 Å². The van der Waals surface area contributed by atoms with Crippen molar-refractivity contribution in [1.29, 1.82) is 0 Å². The van der Waals surface area contributed by atoms with Crippen LogP contribution < -0.4 is 4.90 Å². The largest absolute Gasteiger partial charge is 0.500 e. The van der Waals surface area contributed by atoms with Gasteiger partial charge >= 0.3 is 6.03 Å². The molecule has 1 heterocycles. The summed E-state index contributed by atoms with van der Waals surface area (Å²) in [5.41, 5.74) is 1.34. The third kappa shape index (κ3) is 4.14. The number of carbonyl (C=O) groups is 1. The molecule has 2 aromatic rings. The SMILES string of the molecule is CN(C(=O)N1CCC[C@@]1(CCCc1ccccc1)C(O)=S)c1ccccc1. The zero-order valence-corrected chi connectivity index (χ0v) is 16.5. The second kappa shape index (κ2) is 8.53. The van der Waals surface area contributed by atoms with Gasteiger partial charge in [-0.05, 0) is 62.0 Å². The number of benzene rings is 2. The van der Waals surface area contributed by atoms with Gasteiger partial charge in [-0.1, -0.05) is 48.5 Å². The minimum Gasteiger partial charge on any atom is -0.500 e. The van der Waals surface area contributed by atoms with Gasteiger partial charge in [0.1, 0.15) is 5.54 Å². The van der Waals surface area contributed by atoms with Crippen LogP contribution in [-0.2, 0) is 6.42 Å². The predicted molar refractivity (Wildman–Crippen MR) is 114 cm³/mol. The minimum atomic E-state index is -0.746. The van der Waals surface area contributed by atoms with E-state index in [0.29, 0.717) is 19.4 Å². The Bertz CT molecular complexity index is 781. The van der Waals surface area contributed by atoms with Gasteiger partial charge in [-0.3, -0.25) is 4.90 Å². The number of urea groups is 1. The summed E-state index contributed by atoms with van der Waals surface area (Å²) in [7, 11) is 1.77. The van der Waals surface area contributed by atoms with Gasteiger partial charge in [0, 0.05) is 19.3 Å². The Morgan fingerprint density at radius 3 is 2.41 bits per heavy atom. The molecule has 0 spiro atoms. The van der Waals surface area contributed by atoms with Crippen molar-refractivity contribution in [2.45, 2.75) is 37.6 Å². The van der Waals surface area contributed by atoms with Gasteiger partial charge in [0.2, 0.25) is 0 Å². The van der Waals surface area contributed by atoms with E-state index >= 15 is 0 Å². The van der Waals surface area contributed by atoms with Gasteiger partial charge in [-0.15, -0.1) is 0 Å². The Hall–Kier alpha value is -2.40. The number of likely N-dealkylation sites (tertiary alicyclic amines) is 1. The number of anilines is 1. The Kier molecular flexibility index (Phi) is 6.11. The fraction of sp³-hybridized carbons (Fsp3) is 0.364. The first-order valence-electron chi connectivity index (χ1n) is 9.42. The van der Waals surface area contributed by atoms with E-state index in [0.717, 1.165) is 24.9 Å². The smallest absolute Gasteiger partial charge is 0.325 e. The maximum Gasteiger partial charge on any atom is 0.325 e. The Labute approximate surface area is 166 Å². The third-order valence-electron chi connectivity index (χ3n) is 5.45. The average molecular weight is 383 g/mol. The first-order valence-corrected chi connectivity index (χ1v) is 9.83. The molecule has 1 aliphatic rings. The number of carbonyl (C=O) groups excluding carboxylic acids is 1. The lowest BCUT2D eigenvalue weighted by Crippen LogP contribution is -2.56. The normalized spacial score (nSPS) is 19.1. The summed E-state index contributed by atoms with van der Waals surface area (Å²) in [6.07, 6.45) is 4.00. The molecule has 1 fully saturated rings. The van der Waals surface area contributed by atoms with Crippen LogP contribution in [0.5, 0.6) is 0 Å². The maximum atomic E-state index is 13.2. The van der Waals surface area contributed by atoms with Crippen molar-refractivity contribution in [3.05, 3.63) is 66.2 Å². The van der Waals surface area contributed by atoms with Crippen LogP contribution in [-0.4, -0.2) is 40.2 Å². The standard InChI is InChI=1S/C22H26N2O2S/c1-23(19-13-6-3-7-14-19)21(26)24-17-9-16-22(24,20(25)27)15-8-12-18-10-4-2-5-11-18/h2-7,10-11,13-14H,8-9,12,15-17H2,1H3,(H,25,27)/t22-/m0/s1. The monoisotopic (exact) mass is 382 g/mol. The molecule has 2 amide bonds. The molecule has 0 bridgehead atoms. The molecule has 2 aromatic carbocycles. The molecule has 0 aliphatic carbocycles. The average Bonchev–Trinajstić information content (AvgIpc) is 3.13. The molecule has 4 nitrogen and oxygen atoms in total. The van der Waals surface area contributed by atoms with E-state index in [9.17, 15) is 9.90 Å². The van der Waals surface area contributed by atoms with Gasteiger partial charge in [0.25, 0.3) is 0 Å². The van der Waals surface area contributed by atoms with E-state index in [4.69, 9.17) is 12.2 Å². The van der Waals surface area contributed by atoms with Crippen molar-refractivity contribution >= 4 is 29.0 Å². The summed E-state index contributed by atoms with van der Waals surface area (Å²) < 4.78 is 0. The van der Waals surface area contributed by atoms with Crippen LogP contribution in [0.3, 0.4) is 0 Å². The van der Waals surface area contributed by atoms with Crippen molar-refractivity contribution in [2.75, 3.05) is 18.5 Å². The van der Waals surface area contributed by atoms with Crippen LogP contribution >= 0.6 is 12.2 Å². The highest BCUT2D eigenvalue weighted by molar-refractivity contribution is 7.80. The van der Waals surface area contributed by atoms with Crippen LogP contribution in [0.4, 0.5) is 10.5 Å². The number of aryl methyl sites for hydroxylation is 1. The molecular formula is C22H26N2O2S. The molecule has 1 N–H and O–H groups in total. The van der Waals surface area contributed by atoms with E-state index in [1.807, 2.05) is 48.5 Å². The van der Waals surface area contributed by atoms with Crippen molar-refractivity contribution < 1.29 is 9.90 Å². The summed E-state index contributed by atoms with van der Waals surface area (Å²) in [6, 6.07) is 19.7. The summed E-state index contributed by atoms with van der Waals surface area (Å²) in [5.74, 6) is 0. The summed E-state index contributed by atoms with van der Waals surface area (Å²) in [4.78, 5) is 16.6. The van der Waals surface area contributed by atoms with Gasteiger partial charge in [0.05, 0.1) is 0 Å². The van der Waals surface area contributed by atoms with Crippen LogP contribution in [0, 0.1) is 0 Å². The Morgan fingerprint density at radius 1 is 1.15 bits per heavy atom. The summed E-state index contributed by atoms with van der Waals surface area (Å²) >= 11 is 5.24. The second-order valence-corrected chi connectivity index (χ2v) is 7.49. The van der Waals surface area contributed by atoms with E-state index in [1.165, 1.54) is 5.56 Å². The van der Waals surface area contributed by atoms with Crippen molar-refractivity contribution in [3.63, 3.8) is 0 Å². The molecule has 27 heavy (non-hydrogen) atoms. The van der Waals surface area contributed by atoms with E-state index < -0.39 is 5.54 Å². The highest BCUT2D eigenvalue weighted by Gasteiger charge is 2.47. The van der Waals surface area contributed by atoms with Crippen molar-refractivity contribution in [2.24, 2.45) is 0 Å². The lowest BCUT2D eigenvalue weighted by molar-refractivity contribution is 0.171. The van der Waals surface area contributed by atoms with E-state index in [-0.39, 0.29) is 11.1 Å². The van der Waals surface area contributed by atoms with Crippen LogP contribution in [0.15, 0.2) is 60.7 Å². The number of rotatable bonds is 6. The fourth-order valence-corrected chi connectivity index (χ4v) is 4.23. The van der Waals surface area contributed by atoms with Gasteiger partial charge < -0.3 is 10.0 Å². The second-order valence-electron chi connectivity index (χ2n) is 7.11. The lowest BCUT2D eigenvalue weighted by atomic mass is 9.89. The van der Waals surface area contributed by atoms with E-state index in [1.54, 1.807) is 16.8 Å². The topological polar surface area (TPSA) is 43.8 Å². The lowest BCUT2D eigenvalue weighted by Gasteiger charge is -2.39. The molecule has 142 valence electrons. The maximum absolute atomic E-state index is 13.2. The van der Waals surface area contributed by atoms with Gasteiger partial charge in [-0.25, -0.2) is 4.79 Å². The highest BCUT2D eigenvalue weighted by atomic mass is 32.1. The number of aliphatic hydroxyl groups excluding tert-OH is 1. The molecule has 1 aliphatic heterocycles. The zero-order valence-electron chi connectivity index (χ0n) is 15.7. The molecule has 3 rings (SSSR count). The molecule has 1 atom stereocenters. The summed E-state index contributed by atoms with van der Waals surface area (Å²) in [6.45, 7) is 0.613. The molecular weight excluding hydrogens is 356 g/mol. The molecule has 1 saturated heterocycles. The van der Waals surface area contributed by atoms with Gasteiger partial charge in [0.15, 0.2) is 5.05 Å². The van der Waals surface area contributed by atoms with Crippen molar-refractivity contribution in [1.82, 2.24) is 4.90 Å². The Morgan fingerprint density at radius 2 is 1.78 bits per heavy atom. The van der Waals surface area contributed by atoms with Crippen LogP contribution in [0.1, 0.15) is 31.2 Å². The van der Waals surface area contributed by atoms with Crippen LogP contribution in [0.25, 0.3) is 0 Å². The molecule has 0 radical (unpaired) electrons. The number of nitrogens with zero attached hydrogens (tertiary/aromatic N) is 2. The highest BCUT2D eigenvalue weighted by Crippen LogP contribution is 2.36. The molecule has 5 heteroatoms. The quantitative estimate of drug-likeness (QED) is 0.716. The Balaban J connectivity index is 1.74.